The summed E-state index contributed by atoms with van der Waals surface area (Å²) < 4.78 is 5.46. The smallest absolute Gasteiger partial charge is 0.251 e. The summed E-state index contributed by atoms with van der Waals surface area (Å²) in [6.45, 7) is 5.49. The molecule has 1 aromatic carbocycles. The number of hydrogen-bond acceptors (Lipinski definition) is 2. The Morgan fingerprint density at radius 1 is 1.30 bits per heavy atom. The minimum absolute atomic E-state index is 0.0220. The van der Waals surface area contributed by atoms with Gasteiger partial charge in [-0.3, -0.25) is 4.79 Å². The molecule has 0 aliphatic rings. The summed E-state index contributed by atoms with van der Waals surface area (Å²) >= 11 is 0. The Labute approximate surface area is 119 Å². The van der Waals surface area contributed by atoms with E-state index in [1.54, 1.807) is 0 Å². The number of carbonyl (C=O) groups excluding carboxylic acids is 1. The van der Waals surface area contributed by atoms with Crippen LogP contribution in [0.5, 0.6) is 0 Å². The summed E-state index contributed by atoms with van der Waals surface area (Å²) in [7, 11) is 0. The molecule has 2 rings (SSSR count). The highest BCUT2D eigenvalue weighted by atomic mass is 16.5. The largest absolute Gasteiger partial charge is 0.379 e. The third kappa shape index (κ3) is 4.10. The molecule has 1 amide bonds. The molecule has 4 heteroatoms. The number of aromatic amines is 1. The summed E-state index contributed by atoms with van der Waals surface area (Å²) in [4.78, 5) is 15.1. The number of rotatable bonds is 7. The van der Waals surface area contributed by atoms with Crippen LogP contribution in [0.1, 0.15) is 37.0 Å². The number of unbranched alkanes of at least 4 members (excludes halogenated alkanes) is 1. The van der Waals surface area contributed by atoms with Crippen LogP contribution < -0.4 is 5.32 Å². The highest BCUT2D eigenvalue weighted by Crippen LogP contribution is 2.13. The highest BCUT2D eigenvalue weighted by molar-refractivity contribution is 5.97. The van der Waals surface area contributed by atoms with Crippen molar-refractivity contribution < 1.29 is 9.53 Å². The van der Waals surface area contributed by atoms with Gasteiger partial charge in [-0.15, -0.1) is 0 Å². The quantitative estimate of drug-likeness (QED) is 0.762. The maximum Gasteiger partial charge on any atom is 0.251 e. The molecule has 0 aliphatic carbocycles. The zero-order valence-corrected chi connectivity index (χ0v) is 12.1. The van der Waals surface area contributed by atoms with Gasteiger partial charge in [-0.05, 0) is 50.3 Å². The lowest BCUT2D eigenvalue weighted by Gasteiger charge is -2.08. The molecular weight excluding hydrogens is 252 g/mol. The van der Waals surface area contributed by atoms with Crippen LogP contribution in [0.4, 0.5) is 0 Å². The first-order valence-corrected chi connectivity index (χ1v) is 7.14. The molecule has 0 spiro atoms. The van der Waals surface area contributed by atoms with E-state index < -0.39 is 0 Å². The van der Waals surface area contributed by atoms with Gasteiger partial charge in [-0.2, -0.15) is 0 Å². The van der Waals surface area contributed by atoms with Crippen LogP contribution in [0.15, 0.2) is 30.5 Å². The first-order chi connectivity index (χ1) is 9.66. The second-order valence-electron chi connectivity index (χ2n) is 5.16. The van der Waals surface area contributed by atoms with Gasteiger partial charge in [0.15, 0.2) is 0 Å². The molecule has 108 valence electrons. The number of hydrogen-bond donors (Lipinski definition) is 2. The summed E-state index contributed by atoms with van der Waals surface area (Å²) in [6, 6.07) is 7.68. The fraction of sp³-hybridized carbons (Fsp3) is 0.438. The summed E-state index contributed by atoms with van der Waals surface area (Å²) in [5, 5.41) is 4.05. The maximum absolute atomic E-state index is 12.0. The molecule has 1 heterocycles. The molecule has 2 N–H and O–H groups in total. The Morgan fingerprint density at radius 2 is 2.15 bits per heavy atom. The highest BCUT2D eigenvalue weighted by Gasteiger charge is 2.06. The van der Waals surface area contributed by atoms with E-state index in [1.807, 2.05) is 44.3 Å². The molecule has 4 nitrogen and oxygen atoms in total. The second kappa shape index (κ2) is 7.10. The van der Waals surface area contributed by atoms with E-state index in [4.69, 9.17) is 4.74 Å². The van der Waals surface area contributed by atoms with E-state index in [2.05, 4.69) is 10.3 Å². The molecule has 1 aromatic heterocycles. The van der Waals surface area contributed by atoms with Crippen molar-refractivity contribution >= 4 is 16.8 Å². The Hall–Kier alpha value is -1.81. The summed E-state index contributed by atoms with van der Waals surface area (Å²) in [5.41, 5.74) is 1.68. The number of carbonyl (C=O) groups is 1. The van der Waals surface area contributed by atoms with Gasteiger partial charge in [-0.25, -0.2) is 0 Å². The van der Waals surface area contributed by atoms with Crippen LogP contribution in [0.2, 0.25) is 0 Å². The van der Waals surface area contributed by atoms with Crippen molar-refractivity contribution in [1.82, 2.24) is 10.3 Å². The number of fused-ring (bicyclic) bond motifs is 1. The Balaban J connectivity index is 1.74. The van der Waals surface area contributed by atoms with Gasteiger partial charge < -0.3 is 15.0 Å². The lowest BCUT2D eigenvalue weighted by atomic mass is 10.1. The third-order valence-electron chi connectivity index (χ3n) is 3.13. The lowest BCUT2D eigenvalue weighted by molar-refractivity contribution is 0.0754. The van der Waals surface area contributed by atoms with Gasteiger partial charge in [-0.1, -0.05) is 6.07 Å². The predicted molar refractivity (Wildman–Crippen MR) is 81.0 cm³/mol. The number of H-pyrrole nitrogens is 1. The zero-order chi connectivity index (χ0) is 14.4. The number of aromatic nitrogens is 1. The standard InChI is InChI=1S/C16H22N2O2/c1-12(2)20-10-4-3-8-18-16(19)14-6-5-13-7-9-17-15(13)11-14/h5-7,9,11-12,17H,3-4,8,10H2,1-2H3,(H,18,19). The van der Waals surface area contributed by atoms with Crippen molar-refractivity contribution in [3.63, 3.8) is 0 Å². The molecule has 0 saturated carbocycles. The molecule has 0 fully saturated rings. The number of amides is 1. The molecule has 0 atom stereocenters. The molecule has 0 aliphatic heterocycles. The molecule has 20 heavy (non-hydrogen) atoms. The van der Waals surface area contributed by atoms with E-state index in [0.29, 0.717) is 12.1 Å². The SMILES string of the molecule is CC(C)OCCCCNC(=O)c1ccc2cc[nH]c2c1. The van der Waals surface area contributed by atoms with Crippen molar-refractivity contribution in [2.45, 2.75) is 32.8 Å². The van der Waals surface area contributed by atoms with Crippen molar-refractivity contribution in [1.29, 1.82) is 0 Å². The number of nitrogens with one attached hydrogen (secondary N) is 2. The van der Waals surface area contributed by atoms with Crippen LogP contribution in [0.25, 0.3) is 10.9 Å². The topological polar surface area (TPSA) is 54.1 Å². The van der Waals surface area contributed by atoms with Gasteiger partial charge in [0.2, 0.25) is 0 Å². The number of ether oxygens (including phenoxy) is 1. The average molecular weight is 274 g/mol. The minimum Gasteiger partial charge on any atom is -0.379 e. The van der Waals surface area contributed by atoms with Crippen molar-refractivity contribution in [3.05, 3.63) is 36.0 Å². The van der Waals surface area contributed by atoms with Crippen molar-refractivity contribution in [3.8, 4) is 0 Å². The third-order valence-corrected chi connectivity index (χ3v) is 3.13. The van der Waals surface area contributed by atoms with Crippen molar-refractivity contribution in [2.24, 2.45) is 0 Å². The fourth-order valence-electron chi connectivity index (χ4n) is 2.04. The van der Waals surface area contributed by atoms with Gasteiger partial charge in [0.25, 0.3) is 5.91 Å². The summed E-state index contributed by atoms with van der Waals surface area (Å²) in [6.07, 6.45) is 4.05. The van der Waals surface area contributed by atoms with Crippen LogP contribution in [0, 0.1) is 0 Å². The average Bonchev–Trinajstić information content (AvgIpc) is 2.89. The first kappa shape index (κ1) is 14.6. The monoisotopic (exact) mass is 274 g/mol. The van der Waals surface area contributed by atoms with Crippen LogP contribution in [-0.4, -0.2) is 30.1 Å². The van der Waals surface area contributed by atoms with Crippen LogP contribution in [-0.2, 0) is 4.74 Å². The molecule has 0 saturated heterocycles. The van der Waals surface area contributed by atoms with E-state index in [9.17, 15) is 4.79 Å². The van der Waals surface area contributed by atoms with Crippen molar-refractivity contribution in [2.75, 3.05) is 13.2 Å². The zero-order valence-electron chi connectivity index (χ0n) is 12.1. The maximum atomic E-state index is 12.0. The Bertz CT molecular complexity index is 560. The van der Waals surface area contributed by atoms with E-state index in [0.717, 1.165) is 30.4 Å². The summed E-state index contributed by atoms with van der Waals surface area (Å²) in [5.74, 6) is -0.0220. The van der Waals surface area contributed by atoms with E-state index >= 15 is 0 Å². The van der Waals surface area contributed by atoms with E-state index in [1.165, 1.54) is 0 Å². The minimum atomic E-state index is -0.0220. The van der Waals surface area contributed by atoms with Gasteiger partial charge in [0, 0.05) is 30.4 Å². The Kier molecular flexibility index (Phi) is 5.18. The number of benzene rings is 1. The van der Waals surface area contributed by atoms with Crippen LogP contribution in [0.3, 0.4) is 0 Å². The van der Waals surface area contributed by atoms with Gasteiger partial charge in [0.1, 0.15) is 0 Å². The van der Waals surface area contributed by atoms with Gasteiger partial charge in [0.05, 0.1) is 6.10 Å². The molecule has 0 radical (unpaired) electrons. The van der Waals surface area contributed by atoms with E-state index in [-0.39, 0.29) is 12.0 Å². The molecule has 0 bridgehead atoms. The lowest BCUT2D eigenvalue weighted by Crippen LogP contribution is -2.24. The predicted octanol–water partition coefficient (Wildman–Crippen LogP) is 3.10. The van der Waals surface area contributed by atoms with Gasteiger partial charge >= 0.3 is 0 Å². The first-order valence-electron chi connectivity index (χ1n) is 7.14. The normalized spacial score (nSPS) is 11.2. The fourth-order valence-corrected chi connectivity index (χ4v) is 2.04. The molecular formula is C16H22N2O2. The van der Waals surface area contributed by atoms with Crippen LogP contribution >= 0.6 is 0 Å². The molecule has 2 aromatic rings. The molecule has 0 unspecified atom stereocenters. The second-order valence-corrected chi connectivity index (χ2v) is 5.16. The Morgan fingerprint density at radius 3 is 2.95 bits per heavy atom.